The lowest BCUT2D eigenvalue weighted by Gasteiger charge is -2.38. The number of carbonyl (C=O) groups excluding carboxylic acids is 1. The molecular formula is C15H27NO. The number of ketones is 1. The van der Waals surface area contributed by atoms with Gasteiger partial charge in [-0.3, -0.25) is 9.69 Å². The van der Waals surface area contributed by atoms with Crippen LogP contribution < -0.4 is 0 Å². The molecule has 2 heteroatoms. The highest BCUT2D eigenvalue weighted by molar-refractivity contribution is 5.89. The van der Waals surface area contributed by atoms with Gasteiger partial charge in [0.25, 0.3) is 0 Å². The summed E-state index contributed by atoms with van der Waals surface area (Å²) in [7, 11) is 0. The Morgan fingerprint density at radius 1 is 1.18 bits per heavy atom. The number of nitrogens with zero attached hydrogens (tertiary/aromatic N) is 1. The van der Waals surface area contributed by atoms with Gasteiger partial charge in [0.2, 0.25) is 0 Å². The lowest BCUT2D eigenvalue weighted by Crippen LogP contribution is -2.51. The fourth-order valence-electron chi connectivity index (χ4n) is 3.53. The van der Waals surface area contributed by atoms with Gasteiger partial charge in [0.05, 0.1) is 5.54 Å². The van der Waals surface area contributed by atoms with E-state index in [1.807, 2.05) is 0 Å². The molecule has 1 aliphatic heterocycles. The lowest BCUT2D eigenvalue weighted by molar-refractivity contribution is -0.131. The summed E-state index contributed by atoms with van der Waals surface area (Å²) < 4.78 is 0. The van der Waals surface area contributed by atoms with E-state index >= 15 is 0 Å². The number of Topliss-reactive ketones (excluding diaryl/α,β-unsaturated/α-hetero) is 1. The molecule has 1 saturated carbocycles. The topological polar surface area (TPSA) is 20.3 Å². The summed E-state index contributed by atoms with van der Waals surface area (Å²) in [5.41, 5.74) is -0.0417. The molecule has 2 rings (SSSR count). The smallest absolute Gasteiger partial charge is 0.153 e. The van der Waals surface area contributed by atoms with Crippen LogP contribution in [0.4, 0.5) is 0 Å². The molecule has 0 radical (unpaired) electrons. The van der Waals surface area contributed by atoms with Crippen LogP contribution in [0.15, 0.2) is 0 Å². The van der Waals surface area contributed by atoms with E-state index in [2.05, 4.69) is 18.7 Å². The van der Waals surface area contributed by atoms with Gasteiger partial charge in [0, 0.05) is 6.42 Å². The van der Waals surface area contributed by atoms with Crippen molar-refractivity contribution in [3.05, 3.63) is 0 Å². The Balaban J connectivity index is 2.07. The summed E-state index contributed by atoms with van der Waals surface area (Å²) in [5, 5.41) is 0. The third kappa shape index (κ3) is 2.57. The number of likely N-dealkylation sites (tertiary alicyclic amines) is 1. The van der Waals surface area contributed by atoms with E-state index in [4.69, 9.17) is 0 Å². The average Bonchev–Trinajstić information content (AvgIpc) is 2.99. The molecule has 98 valence electrons. The molecular weight excluding hydrogens is 210 g/mol. The Kier molecular flexibility index (Phi) is 4.24. The molecule has 0 aromatic carbocycles. The van der Waals surface area contributed by atoms with Gasteiger partial charge < -0.3 is 0 Å². The highest BCUT2D eigenvalue weighted by Gasteiger charge is 2.46. The predicted molar refractivity (Wildman–Crippen MR) is 71.1 cm³/mol. The molecule has 1 saturated heterocycles. The molecule has 1 aliphatic carbocycles. The Morgan fingerprint density at radius 2 is 1.76 bits per heavy atom. The van der Waals surface area contributed by atoms with E-state index in [0.717, 1.165) is 38.8 Å². The third-order valence-corrected chi connectivity index (χ3v) is 4.89. The zero-order valence-corrected chi connectivity index (χ0v) is 11.5. The second-order valence-electron chi connectivity index (χ2n) is 6.07. The quantitative estimate of drug-likeness (QED) is 0.730. The van der Waals surface area contributed by atoms with E-state index in [0.29, 0.717) is 11.7 Å². The minimum absolute atomic E-state index is 0.0417. The highest BCUT2D eigenvalue weighted by atomic mass is 16.1. The van der Waals surface area contributed by atoms with Crippen LogP contribution >= 0.6 is 0 Å². The summed E-state index contributed by atoms with van der Waals surface area (Å²) in [4.78, 5) is 15.2. The average molecular weight is 237 g/mol. The first-order chi connectivity index (χ1) is 8.19. The van der Waals surface area contributed by atoms with Crippen LogP contribution in [0, 0.1) is 5.92 Å². The maximum Gasteiger partial charge on any atom is 0.153 e. The molecule has 0 bridgehead atoms. The summed E-state index contributed by atoms with van der Waals surface area (Å²) in [6.45, 7) is 6.72. The predicted octanol–water partition coefficient (Wildman–Crippen LogP) is 3.40. The van der Waals surface area contributed by atoms with Crippen molar-refractivity contribution in [1.82, 2.24) is 4.90 Å². The molecule has 1 heterocycles. The number of hydrogen-bond acceptors (Lipinski definition) is 2. The van der Waals surface area contributed by atoms with Crippen molar-refractivity contribution in [3.63, 3.8) is 0 Å². The molecule has 2 aliphatic rings. The van der Waals surface area contributed by atoms with E-state index in [1.54, 1.807) is 0 Å². The van der Waals surface area contributed by atoms with E-state index in [-0.39, 0.29) is 5.54 Å². The van der Waals surface area contributed by atoms with Crippen LogP contribution in [-0.4, -0.2) is 29.3 Å². The highest BCUT2D eigenvalue weighted by Crippen LogP contribution is 2.39. The second kappa shape index (κ2) is 5.51. The van der Waals surface area contributed by atoms with Crippen molar-refractivity contribution in [2.45, 2.75) is 70.8 Å². The second-order valence-corrected chi connectivity index (χ2v) is 6.07. The van der Waals surface area contributed by atoms with Gasteiger partial charge in [-0.15, -0.1) is 0 Å². The normalized spacial score (nSPS) is 26.2. The number of rotatable bonds is 5. The van der Waals surface area contributed by atoms with Gasteiger partial charge in [0.1, 0.15) is 0 Å². The molecule has 17 heavy (non-hydrogen) atoms. The van der Waals surface area contributed by atoms with Crippen molar-refractivity contribution in [2.24, 2.45) is 5.92 Å². The fourth-order valence-corrected chi connectivity index (χ4v) is 3.53. The van der Waals surface area contributed by atoms with E-state index < -0.39 is 0 Å². The van der Waals surface area contributed by atoms with Crippen LogP contribution in [-0.2, 0) is 4.79 Å². The summed E-state index contributed by atoms with van der Waals surface area (Å²) >= 11 is 0. The van der Waals surface area contributed by atoms with Crippen LogP contribution in [0.25, 0.3) is 0 Å². The molecule has 0 N–H and O–H groups in total. The summed E-state index contributed by atoms with van der Waals surface area (Å²) in [6, 6.07) is 0. The summed E-state index contributed by atoms with van der Waals surface area (Å²) in [5.74, 6) is 1.11. The SMILES string of the molecule is CCC(C)CC(=O)C1(N2CCCC2)CCCC1. The van der Waals surface area contributed by atoms with Crippen LogP contribution in [0.2, 0.25) is 0 Å². The minimum Gasteiger partial charge on any atom is -0.298 e. The van der Waals surface area contributed by atoms with Crippen molar-refractivity contribution in [3.8, 4) is 0 Å². The molecule has 1 unspecified atom stereocenters. The van der Waals surface area contributed by atoms with Gasteiger partial charge >= 0.3 is 0 Å². The van der Waals surface area contributed by atoms with Crippen LogP contribution in [0.3, 0.4) is 0 Å². The molecule has 2 fully saturated rings. The largest absolute Gasteiger partial charge is 0.298 e. The van der Waals surface area contributed by atoms with Gasteiger partial charge in [-0.05, 0) is 44.7 Å². The molecule has 0 amide bonds. The van der Waals surface area contributed by atoms with Gasteiger partial charge in [-0.25, -0.2) is 0 Å². The Labute approximate surface area is 106 Å². The van der Waals surface area contributed by atoms with E-state index in [9.17, 15) is 4.79 Å². The van der Waals surface area contributed by atoms with Gasteiger partial charge in [-0.1, -0.05) is 33.1 Å². The van der Waals surface area contributed by atoms with Crippen molar-refractivity contribution >= 4 is 5.78 Å². The first kappa shape index (κ1) is 13.1. The minimum atomic E-state index is -0.0417. The molecule has 2 nitrogen and oxygen atoms in total. The molecule has 0 aromatic heterocycles. The monoisotopic (exact) mass is 237 g/mol. The number of hydrogen-bond donors (Lipinski definition) is 0. The zero-order valence-electron chi connectivity index (χ0n) is 11.5. The first-order valence-electron chi connectivity index (χ1n) is 7.47. The Hall–Kier alpha value is -0.370. The summed E-state index contributed by atoms with van der Waals surface area (Å²) in [6.07, 6.45) is 9.27. The van der Waals surface area contributed by atoms with E-state index in [1.165, 1.54) is 25.7 Å². The standard InChI is InChI=1S/C15H27NO/c1-3-13(2)12-14(17)15(8-4-5-9-15)16-10-6-7-11-16/h13H,3-12H2,1-2H3. The Morgan fingerprint density at radius 3 is 2.29 bits per heavy atom. The van der Waals surface area contributed by atoms with Crippen molar-refractivity contribution in [2.75, 3.05) is 13.1 Å². The Bertz CT molecular complexity index is 262. The zero-order chi connectivity index (χ0) is 12.3. The fraction of sp³-hybridized carbons (Fsp3) is 0.933. The molecule has 0 spiro atoms. The van der Waals surface area contributed by atoms with Crippen molar-refractivity contribution < 1.29 is 4.79 Å². The van der Waals surface area contributed by atoms with Gasteiger partial charge in [0.15, 0.2) is 5.78 Å². The molecule has 0 aromatic rings. The maximum absolute atomic E-state index is 12.7. The maximum atomic E-state index is 12.7. The molecule has 1 atom stereocenters. The number of carbonyl (C=O) groups is 1. The third-order valence-electron chi connectivity index (χ3n) is 4.89. The van der Waals surface area contributed by atoms with Crippen molar-refractivity contribution in [1.29, 1.82) is 0 Å². The lowest BCUT2D eigenvalue weighted by atomic mass is 9.84. The van der Waals surface area contributed by atoms with Crippen LogP contribution in [0.5, 0.6) is 0 Å². The van der Waals surface area contributed by atoms with Gasteiger partial charge in [-0.2, -0.15) is 0 Å². The first-order valence-corrected chi connectivity index (χ1v) is 7.47. The van der Waals surface area contributed by atoms with Crippen LogP contribution in [0.1, 0.15) is 65.2 Å².